The van der Waals surface area contributed by atoms with Crippen molar-refractivity contribution in [2.75, 3.05) is 0 Å². The molecule has 0 aliphatic rings. The van der Waals surface area contributed by atoms with Crippen LogP contribution in [0.2, 0.25) is 10.0 Å². The third-order valence-electron chi connectivity index (χ3n) is 3.27. The molecule has 1 atom stereocenters. The molecular weight excluding hydrogens is 339 g/mol. The second kappa shape index (κ2) is 10.5. The molecule has 0 saturated heterocycles. The second-order valence-corrected chi connectivity index (χ2v) is 5.97. The molecule has 23 heavy (non-hydrogen) atoms. The summed E-state index contributed by atoms with van der Waals surface area (Å²) in [5, 5.41) is 0.523. The van der Waals surface area contributed by atoms with Crippen LogP contribution in [0.25, 0.3) is 0 Å². The minimum Gasteiger partial charge on any atom is -0.462 e. The Labute approximate surface area is 147 Å². The predicted molar refractivity (Wildman–Crippen MR) is 91.0 cm³/mol. The first kappa shape index (κ1) is 19.8. The molecule has 4 nitrogen and oxygen atoms in total. The molecule has 6 heteroatoms. The number of esters is 2. The minimum absolute atomic E-state index is 0.0373. The van der Waals surface area contributed by atoms with E-state index in [1.54, 1.807) is 18.2 Å². The SMILES string of the molecule is CCCC(CC)OC(=O)CCCC(=O)Oc1cccc(Cl)c1Cl. The van der Waals surface area contributed by atoms with Crippen LogP contribution >= 0.6 is 23.2 Å². The van der Waals surface area contributed by atoms with Crippen LogP contribution in [0.1, 0.15) is 52.4 Å². The summed E-state index contributed by atoms with van der Waals surface area (Å²) in [6.45, 7) is 4.03. The molecule has 1 rings (SSSR count). The van der Waals surface area contributed by atoms with Gasteiger partial charge < -0.3 is 9.47 Å². The number of hydrogen-bond donors (Lipinski definition) is 0. The maximum absolute atomic E-state index is 11.8. The average molecular weight is 361 g/mol. The van der Waals surface area contributed by atoms with Gasteiger partial charge >= 0.3 is 11.9 Å². The lowest BCUT2D eigenvalue weighted by Crippen LogP contribution is -2.17. The van der Waals surface area contributed by atoms with Crippen molar-refractivity contribution in [2.24, 2.45) is 0 Å². The zero-order valence-corrected chi connectivity index (χ0v) is 15.0. The van der Waals surface area contributed by atoms with E-state index in [0.29, 0.717) is 11.4 Å². The van der Waals surface area contributed by atoms with E-state index in [1.165, 1.54) is 0 Å². The van der Waals surface area contributed by atoms with Gasteiger partial charge in [-0.15, -0.1) is 0 Å². The Morgan fingerprint density at radius 3 is 2.48 bits per heavy atom. The van der Waals surface area contributed by atoms with Crippen LogP contribution in [0.15, 0.2) is 18.2 Å². The van der Waals surface area contributed by atoms with Crippen molar-refractivity contribution in [3.05, 3.63) is 28.2 Å². The van der Waals surface area contributed by atoms with Gasteiger partial charge in [0.05, 0.1) is 5.02 Å². The van der Waals surface area contributed by atoms with Crippen molar-refractivity contribution in [1.29, 1.82) is 0 Å². The summed E-state index contributed by atoms with van der Waals surface area (Å²) in [6, 6.07) is 4.82. The molecule has 0 heterocycles. The van der Waals surface area contributed by atoms with Crippen LogP contribution in [-0.4, -0.2) is 18.0 Å². The summed E-state index contributed by atoms with van der Waals surface area (Å²) in [6.07, 6.45) is 3.27. The summed E-state index contributed by atoms with van der Waals surface area (Å²) < 4.78 is 10.5. The Kier molecular flexibility index (Phi) is 9.03. The van der Waals surface area contributed by atoms with Gasteiger partial charge in [-0.3, -0.25) is 9.59 Å². The molecule has 0 radical (unpaired) electrons. The van der Waals surface area contributed by atoms with Gasteiger partial charge in [0, 0.05) is 12.8 Å². The van der Waals surface area contributed by atoms with Gasteiger partial charge in [0.25, 0.3) is 0 Å². The first-order valence-corrected chi connectivity index (χ1v) is 8.57. The van der Waals surface area contributed by atoms with E-state index >= 15 is 0 Å². The van der Waals surface area contributed by atoms with Gasteiger partial charge in [0.15, 0.2) is 5.75 Å². The lowest BCUT2D eigenvalue weighted by Gasteiger charge is -2.15. The largest absolute Gasteiger partial charge is 0.462 e. The van der Waals surface area contributed by atoms with Crippen LogP contribution in [0, 0.1) is 0 Å². The Bertz CT molecular complexity index is 531. The monoisotopic (exact) mass is 360 g/mol. The normalized spacial score (nSPS) is 11.8. The lowest BCUT2D eigenvalue weighted by molar-refractivity contribution is -0.149. The van der Waals surface area contributed by atoms with E-state index in [-0.39, 0.29) is 35.7 Å². The summed E-state index contributed by atoms with van der Waals surface area (Å²) in [4.78, 5) is 23.5. The number of hydrogen-bond acceptors (Lipinski definition) is 4. The smallest absolute Gasteiger partial charge is 0.311 e. The maximum Gasteiger partial charge on any atom is 0.311 e. The van der Waals surface area contributed by atoms with Gasteiger partial charge in [-0.25, -0.2) is 0 Å². The molecule has 0 saturated carbocycles. The number of benzene rings is 1. The number of halogens is 2. The Morgan fingerprint density at radius 1 is 1.13 bits per heavy atom. The molecule has 0 spiro atoms. The van der Waals surface area contributed by atoms with Crippen molar-refractivity contribution in [3.63, 3.8) is 0 Å². The molecule has 0 aliphatic carbocycles. The standard InChI is InChI=1S/C17H22Cl2O4/c1-3-7-12(4-2)22-15(20)10-6-11-16(21)23-14-9-5-8-13(18)17(14)19/h5,8-9,12H,3-4,6-7,10-11H2,1-2H3. The van der Waals surface area contributed by atoms with E-state index in [4.69, 9.17) is 32.7 Å². The van der Waals surface area contributed by atoms with E-state index in [1.807, 2.05) is 13.8 Å². The fourth-order valence-electron chi connectivity index (χ4n) is 2.03. The van der Waals surface area contributed by atoms with Gasteiger partial charge in [-0.1, -0.05) is 49.5 Å². The fourth-order valence-corrected chi connectivity index (χ4v) is 2.36. The molecule has 128 valence electrons. The third kappa shape index (κ3) is 7.23. The van der Waals surface area contributed by atoms with Crippen molar-refractivity contribution in [1.82, 2.24) is 0 Å². The van der Waals surface area contributed by atoms with Crippen LogP contribution < -0.4 is 4.74 Å². The van der Waals surface area contributed by atoms with Crippen molar-refractivity contribution < 1.29 is 19.1 Å². The van der Waals surface area contributed by atoms with Crippen LogP contribution in [0.5, 0.6) is 5.75 Å². The Hall–Kier alpha value is -1.26. The van der Waals surface area contributed by atoms with E-state index in [2.05, 4.69) is 0 Å². The van der Waals surface area contributed by atoms with Crippen molar-refractivity contribution >= 4 is 35.1 Å². The molecule has 0 aliphatic heterocycles. The third-order valence-corrected chi connectivity index (χ3v) is 4.07. The zero-order chi connectivity index (χ0) is 17.2. The summed E-state index contributed by atoms with van der Waals surface area (Å²) >= 11 is 11.8. The molecule has 0 fully saturated rings. The second-order valence-electron chi connectivity index (χ2n) is 5.19. The molecule has 0 N–H and O–H groups in total. The molecule has 0 amide bonds. The summed E-state index contributed by atoms with van der Waals surface area (Å²) in [5.74, 6) is -0.512. The van der Waals surface area contributed by atoms with Crippen molar-refractivity contribution in [3.8, 4) is 5.75 Å². The van der Waals surface area contributed by atoms with E-state index in [9.17, 15) is 9.59 Å². The van der Waals surface area contributed by atoms with E-state index < -0.39 is 5.97 Å². The number of ether oxygens (including phenoxy) is 2. The minimum atomic E-state index is -0.456. The van der Waals surface area contributed by atoms with Gasteiger partial charge in [0.2, 0.25) is 0 Å². The number of rotatable bonds is 9. The summed E-state index contributed by atoms with van der Waals surface area (Å²) in [5.41, 5.74) is 0. The highest BCUT2D eigenvalue weighted by Crippen LogP contribution is 2.31. The van der Waals surface area contributed by atoms with Crippen LogP contribution in [0.4, 0.5) is 0 Å². The van der Waals surface area contributed by atoms with Crippen molar-refractivity contribution in [2.45, 2.75) is 58.5 Å². The first-order chi connectivity index (χ1) is 11.0. The van der Waals surface area contributed by atoms with Crippen LogP contribution in [0.3, 0.4) is 0 Å². The highest BCUT2D eigenvalue weighted by molar-refractivity contribution is 6.43. The quantitative estimate of drug-likeness (QED) is 0.449. The molecule has 1 aromatic carbocycles. The number of carbonyl (C=O) groups excluding carboxylic acids is 2. The number of carbonyl (C=O) groups is 2. The van der Waals surface area contributed by atoms with Gasteiger partial charge in [0.1, 0.15) is 11.1 Å². The molecule has 1 unspecified atom stereocenters. The maximum atomic E-state index is 11.8. The molecule has 0 aromatic heterocycles. The van der Waals surface area contributed by atoms with Gasteiger partial charge in [-0.2, -0.15) is 0 Å². The highest BCUT2D eigenvalue weighted by Gasteiger charge is 2.14. The molecule has 1 aromatic rings. The predicted octanol–water partition coefficient (Wildman–Crippen LogP) is 5.19. The van der Waals surface area contributed by atoms with Crippen LogP contribution in [-0.2, 0) is 14.3 Å². The fraction of sp³-hybridized carbons (Fsp3) is 0.529. The summed E-state index contributed by atoms with van der Waals surface area (Å²) in [7, 11) is 0. The van der Waals surface area contributed by atoms with Gasteiger partial charge in [-0.05, 0) is 31.4 Å². The zero-order valence-electron chi connectivity index (χ0n) is 13.4. The Morgan fingerprint density at radius 2 is 1.83 bits per heavy atom. The lowest BCUT2D eigenvalue weighted by atomic mass is 10.1. The molecule has 0 bridgehead atoms. The molecular formula is C17H22Cl2O4. The topological polar surface area (TPSA) is 52.6 Å². The van der Waals surface area contributed by atoms with E-state index in [0.717, 1.165) is 19.3 Å². The Balaban J connectivity index is 2.33. The highest BCUT2D eigenvalue weighted by atomic mass is 35.5. The first-order valence-electron chi connectivity index (χ1n) is 7.82. The average Bonchev–Trinajstić information content (AvgIpc) is 2.51.